The lowest BCUT2D eigenvalue weighted by Crippen LogP contribution is -2.41. The molecule has 6 heteroatoms. The molecule has 6 nitrogen and oxygen atoms in total. The van der Waals surface area contributed by atoms with Crippen molar-refractivity contribution in [3.05, 3.63) is 60.6 Å². The lowest BCUT2D eigenvalue weighted by Gasteiger charge is -2.24. The highest BCUT2D eigenvalue weighted by atomic mass is 16.2. The Morgan fingerprint density at radius 3 is 3.00 bits per heavy atom. The zero-order valence-electron chi connectivity index (χ0n) is 13.6. The number of carbonyl (C=O) groups excluding carboxylic acids is 2. The van der Waals surface area contributed by atoms with Gasteiger partial charge in [0.25, 0.3) is 0 Å². The number of pyridine rings is 1. The van der Waals surface area contributed by atoms with Gasteiger partial charge in [0.05, 0.1) is 11.9 Å². The quantitative estimate of drug-likeness (QED) is 0.770. The van der Waals surface area contributed by atoms with Gasteiger partial charge in [-0.1, -0.05) is 18.2 Å². The van der Waals surface area contributed by atoms with E-state index in [1.807, 2.05) is 30.5 Å². The second-order valence-electron chi connectivity index (χ2n) is 6.17. The zero-order valence-corrected chi connectivity index (χ0v) is 13.6. The molecular weight excluding hydrogens is 316 g/mol. The third-order valence-electron chi connectivity index (χ3n) is 4.58. The van der Waals surface area contributed by atoms with Gasteiger partial charge in [0, 0.05) is 36.3 Å². The zero-order chi connectivity index (χ0) is 17.2. The number of fused-ring (bicyclic) bond motifs is 1. The molecule has 1 atom stereocenters. The molecule has 0 saturated carbocycles. The van der Waals surface area contributed by atoms with Crippen LogP contribution < -0.4 is 5.32 Å². The largest absolute Gasteiger partial charge is 0.361 e. The monoisotopic (exact) mass is 334 g/mol. The smallest absolute Gasteiger partial charge is 0.247 e. The number of likely N-dealkylation sites (tertiary alicyclic amines) is 1. The molecule has 4 rings (SSSR count). The van der Waals surface area contributed by atoms with Crippen LogP contribution in [0.15, 0.2) is 55.0 Å². The highest BCUT2D eigenvalue weighted by Crippen LogP contribution is 2.26. The van der Waals surface area contributed by atoms with Crippen molar-refractivity contribution in [3.63, 3.8) is 0 Å². The molecule has 1 aliphatic rings. The van der Waals surface area contributed by atoms with E-state index in [4.69, 9.17) is 0 Å². The molecule has 0 aliphatic carbocycles. The predicted molar refractivity (Wildman–Crippen MR) is 94.7 cm³/mol. The molecule has 1 aliphatic heterocycles. The van der Waals surface area contributed by atoms with E-state index in [-0.39, 0.29) is 11.8 Å². The summed E-state index contributed by atoms with van der Waals surface area (Å²) in [6.07, 6.45) is 6.09. The molecule has 0 spiro atoms. The SMILES string of the molecule is O=C(Nc1cccnc1)C1CCC(=O)N1Cc1c[nH]c2ccccc12. The molecular formula is C19H18N4O2. The molecule has 1 aromatic carbocycles. The number of anilines is 1. The van der Waals surface area contributed by atoms with Crippen LogP contribution in [0.1, 0.15) is 18.4 Å². The van der Waals surface area contributed by atoms with Gasteiger partial charge in [0.15, 0.2) is 0 Å². The Kier molecular flexibility index (Phi) is 3.93. The van der Waals surface area contributed by atoms with Crippen molar-refractivity contribution in [2.24, 2.45) is 0 Å². The maximum absolute atomic E-state index is 12.6. The second kappa shape index (κ2) is 6.39. The third kappa shape index (κ3) is 2.98. The fraction of sp³-hybridized carbons (Fsp3) is 0.211. The lowest BCUT2D eigenvalue weighted by atomic mass is 10.1. The minimum Gasteiger partial charge on any atom is -0.361 e. The summed E-state index contributed by atoms with van der Waals surface area (Å²) >= 11 is 0. The van der Waals surface area contributed by atoms with Crippen LogP contribution >= 0.6 is 0 Å². The number of aromatic nitrogens is 2. The highest BCUT2D eigenvalue weighted by molar-refractivity contribution is 5.99. The molecule has 2 aromatic heterocycles. The molecule has 2 amide bonds. The van der Waals surface area contributed by atoms with Crippen molar-refractivity contribution in [2.75, 3.05) is 5.32 Å². The van der Waals surface area contributed by atoms with Crippen molar-refractivity contribution in [2.45, 2.75) is 25.4 Å². The Labute approximate surface area is 144 Å². The fourth-order valence-electron chi connectivity index (χ4n) is 3.31. The number of rotatable bonds is 4. The van der Waals surface area contributed by atoms with Gasteiger partial charge in [-0.2, -0.15) is 0 Å². The van der Waals surface area contributed by atoms with Crippen molar-refractivity contribution in [1.82, 2.24) is 14.9 Å². The summed E-state index contributed by atoms with van der Waals surface area (Å²) in [5.41, 5.74) is 2.68. The number of hydrogen-bond acceptors (Lipinski definition) is 3. The van der Waals surface area contributed by atoms with Gasteiger partial charge < -0.3 is 15.2 Å². The molecule has 0 radical (unpaired) electrons. The van der Waals surface area contributed by atoms with Crippen LogP contribution in [0.4, 0.5) is 5.69 Å². The van der Waals surface area contributed by atoms with Crippen molar-refractivity contribution >= 4 is 28.4 Å². The van der Waals surface area contributed by atoms with Crippen molar-refractivity contribution in [1.29, 1.82) is 0 Å². The minimum absolute atomic E-state index is 0.0108. The predicted octanol–water partition coefficient (Wildman–Crippen LogP) is 2.69. The summed E-state index contributed by atoms with van der Waals surface area (Å²) in [5.74, 6) is -0.157. The second-order valence-corrected chi connectivity index (χ2v) is 6.17. The number of nitrogens with one attached hydrogen (secondary N) is 2. The van der Waals surface area contributed by atoms with Crippen LogP contribution in [0.25, 0.3) is 10.9 Å². The molecule has 126 valence electrons. The standard InChI is InChI=1S/C19H18N4O2/c24-18-8-7-17(19(25)22-14-4-3-9-20-11-14)23(18)12-13-10-21-16-6-2-1-5-15(13)16/h1-6,9-11,17,21H,7-8,12H2,(H,22,25). The summed E-state index contributed by atoms with van der Waals surface area (Å²) in [7, 11) is 0. The summed E-state index contributed by atoms with van der Waals surface area (Å²) in [5, 5.41) is 3.93. The Morgan fingerprint density at radius 1 is 1.28 bits per heavy atom. The van der Waals surface area contributed by atoms with Crippen LogP contribution in [0, 0.1) is 0 Å². The van der Waals surface area contributed by atoms with Crippen molar-refractivity contribution in [3.8, 4) is 0 Å². The molecule has 25 heavy (non-hydrogen) atoms. The molecule has 1 unspecified atom stereocenters. The summed E-state index contributed by atoms with van der Waals surface area (Å²) in [4.78, 5) is 33.8. The minimum atomic E-state index is -0.457. The lowest BCUT2D eigenvalue weighted by molar-refractivity contribution is -0.133. The topological polar surface area (TPSA) is 78.1 Å². The number of H-pyrrole nitrogens is 1. The Hall–Kier alpha value is -3.15. The van der Waals surface area contributed by atoms with E-state index in [9.17, 15) is 9.59 Å². The number of amides is 2. The van der Waals surface area contributed by atoms with E-state index in [0.717, 1.165) is 16.5 Å². The van der Waals surface area contributed by atoms with Gasteiger partial charge in [-0.15, -0.1) is 0 Å². The molecule has 3 aromatic rings. The van der Waals surface area contributed by atoms with Crippen LogP contribution in [0.5, 0.6) is 0 Å². The summed E-state index contributed by atoms with van der Waals surface area (Å²) in [6.45, 7) is 0.425. The summed E-state index contributed by atoms with van der Waals surface area (Å²) < 4.78 is 0. The van der Waals surface area contributed by atoms with E-state index in [1.54, 1.807) is 29.4 Å². The Morgan fingerprint density at radius 2 is 2.16 bits per heavy atom. The normalized spacial score (nSPS) is 17.2. The van der Waals surface area contributed by atoms with Crippen LogP contribution in [0.3, 0.4) is 0 Å². The van der Waals surface area contributed by atoms with E-state index in [1.165, 1.54) is 0 Å². The van der Waals surface area contributed by atoms with E-state index in [0.29, 0.717) is 25.1 Å². The first-order valence-electron chi connectivity index (χ1n) is 8.28. The number of carbonyl (C=O) groups is 2. The first-order valence-corrected chi connectivity index (χ1v) is 8.28. The van der Waals surface area contributed by atoms with E-state index < -0.39 is 6.04 Å². The number of benzene rings is 1. The van der Waals surface area contributed by atoms with Gasteiger partial charge in [-0.3, -0.25) is 14.6 Å². The van der Waals surface area contributed by atoms with E-state index >= 15 is 0 Å². The molecule has 3 heterocycles. The number of aromatic amines is 1. The number of hydrogen-bond donors (Lipinski definition) is 2. The number of nitrogens with zero attached hydrogens (tertiary/aromatic N) is 2. The summed E-state index contributed by atoms with van der Waals surface area (Å²) in [6, 6.07) is 11.0. The fourth-order valence-corrected chi connectivity index (χ4v) is 3.31. The first-order chi connectivity index (χ1) is 12.2. The molecule has 0 bridgehead atoms. The average molecular weight is 334 g/mol. The van der Waals surface area contributed by atoms with Gasteiger partial charge in [0.1, 0.15) is 6.04 Å². The Balaban J connectivity index is 1.54. The molecule has 2 N–H and O–H groups in total. The third-order valence-corrected chi connectivity index (χ3v) is 4.58. The maximum Gasteiger partial charge on any atom is 0.247 e. The van der Waals surface area contributed by atoms with Crippen molar-refractivity contribution < 1.29 is 9.59 Å². The first kappa shape index (κ1) is 15.4. The average Bonchev–Trinajstić information content (AvgIpc) is 3.21. The van der Waals surface area contributed by atoms with Crippen LogP contribution in [-0.4, -0.2) is 32.7 Å². The molecule has 1 fully saturated rings. The maximum atomic E-state index is 12.6. The van der Waals surface area contributed by atoms with Gasteiger partial charge in [-0.05, 0) is 30.2 Å². The van der Waals surface area contributed by atoms with Gasteiger partial charge in [-0.25, -0.2) is 0 Å². The van der Waals surface area contributed by atoms with Crippen LogP contribution in [0.2, 0.25) is 0 Å². The highest BCUT2D eigenvalue weighted by Gasteiger charge is 2.36. The van der Waals surface area contributed by atoms with E-state index in [2.05, 4.69) is 15.3 Å². The number of para-hydroxylation sites is 1. The van der Waals surface area contributed by atoms with Gasteiger partial charge in [0.2, 0.25) is 11.8 Å². The van der Waals surface area contributed by atoms with Gasteiger partial charge >= 0.3 is 0 Å². The molecule has 1 saturated heterocycles. The van der Waals surface area contributed by atoms with Crippen LogP contribution in [-0.2, 0) is 16.1 Å². The Bertz CT molecular complexity index is 919.